The average molecular weight is 306 g/mol. The molecule has 0 saturated heterocycles. The molecule has 0 aliphatic heterocycles. The van der Waals surface area contributed by atoms with Crippen LogP contribution in [0.5, 0.6) is 5.75 Å². The molecule has 4 nitrogen and oxygen atoms in total. The van der Waals surface area contributed by atoms with Gasteiger partial charge in [0.15, 0.2) is 0 Å². The number of hydrogen-bond donors (Lipinski definition) is 1. The molecule has 2 N–H and O–H groups in total. The number of halogens is 2. The van der Waals surface area contributed by atoms with Gasteiger partial charge in [-0.1, -0.05) is 23.2 Å². The van der Waals surface area contributed by atoms with Crippen LogP contribution in [0, 0.1) is 0 Å². The number of carbonyl (C=O) groups excluding carboxylic acids is 1. The number of rotatable bonds is 6. The summed E-state index contributed by atoms with van der Waals surface area (Å²) in [6, 6.07) is 3.06. The Morgan fingerprint density at radius 3 is 2.58 bits per heavy atom. The van der Waals surface area contributed by atoms with Gasteiger partial charge in [-0.05, 0) is 24.5 Å². The Morgan fingerprint density at radius 1 is 1.32 bits per heavy atom. The molecule has 0 aromatic heterocycles. The summed E-state index contributed by atoms with van der Waals surface area (Å²) in [6.07, 6.45) is 1.59. The lowest BCUT2D eigenvalue weighted by molar-refractivity contribution is -0.140. The summed E-state index contributed by atoms with van der Waals surface area (Å²) in [7, 11) is 2.88. The summed E-state index contributed by atoms with van der Waals surface area (Å²) in [5.41, 5.74) is 6.80. The van der Waals surface area contributed by atoms with Gasteiger partial charge in [-0.15, -0.1) is 0 Å². The fraction of sp³-hybridized carbons (Fsp3) is 0.462. The lowest BCUT2D eigenvalue weighted by Crippen LogP contribution is -2.12. The van der Waals surface area contributed by atoms with E-state index in [1.54, 1.807) is 12.1 Å². The van der Waals surface area contributed by atoms with Crippen LogP contribution in [0.4, 0.5) is 0 Å². The molecular formula is C13H17Cl2NO3. The lowest BCUT2D eigenvalue weighted by atomic mass is 10.0. The minimum Gasteiger partial charge on any atom is -0.495 e. The molecule has 1 rings (SSSR count). The third kappa shape index (κ3) is 4.56. The van der Waals surface area contributed by atoms with Crippen LogP contribution in [0.25, 0.3) is 0 Å². The van der Waals surface area contributed by atoms with Gasteiger partial charge >= 0.3 is 5.97 Å². The minimum atomic E-state index is -0.277. The van der Waals surface area contributed by atoms with Gasteiger partial charge in [0.05, 0.1) is 19.2 Å². The zero-order valence-electron chi connectivity index (χ0n) is 10.9. The molecule has 6 heteroatoms. The molecular weight excluding hydrogens is 289 g/mol. The molecule has 0 fully saturated rings. The maximum atomic E-state index is 11.0. The monoisotopic (exact) mass is 305 g/mol. The molecule has 0 aliphatic carbocycles. The van der Waals surface area contributed by atoms with E-state index in [2.05, 4.69) is 4.74 Å². The van der Waals surface area contributed by atoms with Gasteiger partial charge in [0, 0.05) is 23.6 Å². The summed E-state index contributed by atoms with van der Waals surface area (Å²) in [6.45, 7) is 0. The molecule has 0 spiro atoms. The number of hydrogen-bond acceptors (Lipinski definition) is 4. The average Bonchev–Trinajstić information content (AvgIpc) is 2.40. The van der Waals surface area contributed by atoms with E-state index >= 15 is 0 Å². The second kappa shape index (κ2) is 7.58. The van der Waals surface area contributed by atoms with Crippen molar-refractivity contribution in [2.75, 3.05) is 14.2 Å². The van der Waals surface area contributed by atoms with Gasteiger partial charge in [-0.25, -0.2) is 0 Å². The van der Waals surface area contributed by atoms with Crippen LogP contribution < -0.4 is 10.5 Å². The first-order valence-corrected chi connectivity index (χ1v) is 6.60. The van der Waals surface area contributed by atoms with Gasteiger partial charge in [0.25, 0.3) is 0 Å². The molecule has 106 valence electrons. The summed E-state index contributed by atoms with van der Waals surface area (Å²) in [5.74, 6) is 0.267. The number of ether oxygens (including phenoxy) is 2. The van der Waals surface area contributed by atoms with Crippen molar-refractivity contribution in [1.29, 1.82) is 0 Å². The van der Waals surface area contributed by atoms with E-state index in [4.69, 9.17) is 33.7 Å². The van der Waals surface area contributed by atoms with Crippen molar-refractivity contribution in [2.45, 2.75) is 25.3 Å². The van der Waals surface area contributed by atoms with Crippen molar-refractivity contribution >= 4 is 29.2 Å². The number of carbonyl (C=O) groups is 1. The number of nitrogens with two attached hydrogens (primary N) is 1. The maximum Gasteiger partial charge on any atom is 0.305 e. The molecule has 0 radical (unpaired) electrons. The van der Waals surface area contributed by atoms with Gasteiger partial charge in [0.1, 0.15) is 5.75 Å². The molecule has 1 unspecified atom stereocenters. The number of benzene rings is 1. The van der Waals surface area contributed by atoms with Crippen LogP contribution in [0.15, 0.2) is 12.1 Å². The van der Waals surface area contributed by atoms with Crippen molar-refractivity contribution in [3.63, 3.8) is 0 Å². The highest BCUT2D eigenvalue weighted by Gasteiger charge is 2.14. The quantitative estimate of drug-likeness (QED) is 0.819. The highest BCUT2D eigenvalue weighted by molar-refractivity contribution is 6.34. The SMILES string of the molecule is COC(=O)CCCC(N)c1cc(Cl)c(OC)cc1Cl. The Balaban J connectivity index is 2.69. The van der Waals surface area contributed by atoms with Crippen LogP contribution >= 0.6 is 23.2 Å². The van der Waals surface area contributed by atoms with E-state index in [1.807, 2.05) is 0 Å². The van der Waals surface area contributed by atoms with E-state index in [-0.39, 0.29) is 12.0 Å². The van der Waals surface area contributed by atoms with Crippen molar-refractivity contribution in [3.05, 3.63) is 27.7 Å². The Morgan fingerprint density at radius 2 is 2.00 bits per heavy atom. The maximum absolute atomic E-state index is 11.0. The van der Waals surface area contributed by atoms with E-state index < -0.39 is 0 Å². The highest BCUT2D eigenvalue weighted by Crippen LogP contribution is 2.34. The van der Waals surface area contributed by atoms with Crippen LogP contribution in [-0.2, 0) is 9.53 Å². The molecule has 0 bridgehead atoms. The van der Waals surface area contributed by atoms with E-state index in [0.717, 1.165) is 5.56 Å². The molecule has 19 heavy (non-hydrogen) atoms. The second-order valence-corrected chi connectivity index (χ2v) is 4.90. The Labute approximate surface area is 122 Å². The first kappa shape index (κ1) is 16.1. The zero-order chi connectivity index (χ0) is 14.4. The predicted octanol–water partition coefficient (Wildman–Crippen LogP) is 3.35. The lowest BCUT2D eigenvalue weighted by Gasteiger charge is -2.15. The highest BCUT2D eigenvalue weighted by atomic mass is 35.5. The summed E-state index contributed by atoms with van der Waals surface area (Å²) < 4.78 is 9.64. The van der Waals surface area contributed by atoms with E-state index in [9.17, 15) is 4.79 Å². The molecule has 0 aliphatic rings. The van der Waals surface area contributed by atoms with Crippen molar-refractivity contribution in [1.82, 2.24) is 0 Å². The van der Waals surface area contributed by atoms with Crippen LogP contribution in [0.3, 0.4) is 0 Å². The standard InChI is InChI=1S/C13H17Cl2NO3/c1-18-12-7-9(14)8(6-10(12)15)11(16)4-3-5-13(17)19-2/h6-7,11H,3-5,16H2,1-2H3. The zero-order valence-corrected chi connectivity index (χ0v) is 12.4. The molecule has 1 atom stereocenters. The van der Waals surface area contributed by atoms with Gasteiger partial charge in [-0.3, -0.25) is 4.79 Å². The first-order chi connectivity index (χ1) is 8.99. The topological polar surface area (TPSA) is 61.5 Å². The number of esters is 1. The van der Waals surface area contributed by atoms with Gasteiger partial charge < -0.3 is 15.2 Å². The third-order valence-electron chi connectivity index (χ3n) is 2.79. The third-order valence-corrected chi connectivity index (χ3v) is 3.42. The van der Waals surface area contributed by atoms with E-state index in [1.165, 1.54) is 14.2 Å². The fourth-order valence-electron chi connectivity index (χ4n) is 1.71. The first-order valence-electron chi connectivity index (χ1n) is 5.85. The van der Waals surface area contributed by atoms with Crippen molar-refractivity contribution in [3.8, 4) is 5.75 Å². The van der Waals surface area contributed by atoms with Gasteiger partial charge in [-0.2, -0.15) is 0 Å². The Bertz CT molecular complexity index is 452. The van der Waals surface area contributed by atoms with Crippen molar-refractivity contribution < 1.29 is 14.3 Å². The number of methoxy groups -OCH3 is 2. The smallest absolute Gasteiger partial charge is 0.305 e. The van der Waals surface area contributed by atoms with E-state index in [0.29, 0.717) is 35.1 Å². The predicted molar refractivity (Wildman–Crippen MR) is 75.8 cm³/mol. The molecule has 0 saturated carbocycles. The summed E-state index contributed by atoms with van der Waals surface area (Å²) >= 11 is 12.2. The Hall–Kier alpha value is -0.970. The summed E-state index contributed by atoms with van der Waals surface area (Å²) in [5, 5.41) is 0.970. The van der Waals surface area contributed by atoms with Gasteiger partial charge in [0.2, 0.25) is 0 Å². The second-order valence-electron chi connectivity index (χ2n) is 4.08. The fourth-order valence-corrected chi connectivity index (χ4v) is 2.25. The largest absolute Gasteiger partial charge is 0.495 e. The van der Waals surface area contributed by atoms with Crippen LogP contribution in [-0.4, -0.2) is 20.2 Å². The Kier molecular flexibility index (Phi) is 6.42. The molecule has 1 aromatic carbocycles. The minimum absolute atomic E-state index is 0.244. The molecule has 0 heterocycles. The molecule has 1 aromatic rings. The summed E-state index contributed by atoms with van der Waals surface area (Å²) in [4.78, 5) is 11.0. The van der Waals surface area contributed by atoms with Crippen molar-refractivity contribution in [2.24, 2.45) is 5.73 Å². The molecule has 0 amide bonds. The van der Waals surface area contributed by atoms with Crippen LogP contribution in [0.2, 0.25) is 10.0 Å². The van der Waals surface area contributed by atoms with Crippen LogP contribution in [0.1, 0.15) is 30.9 Å². The normalized spacial score (nSPS) is 12.1.